The van der Waals surface area contributed by atoms with Crippen LogP contribution in [0.5, 0.6) is 0 Å². The molecule has 0 fully saturated rings. The highest BCUT2D eigenvalue weighted by atomic mass is 35.5. The van der Waals surface area contributed by atoms with Crippen LogP contribution in [-0.4, -0.2) is 49.4 Å². The first-order chi connectivity index (χ1) is 13.9. The van der Waals surface area contributed by atoms with E-state index in [1.54, 1.807) is 0 Å². The number of hydrogen-bond donors (Lipinski definition) is 0. The van der Waals surface area contributed by atoms with Crippen molar-refractivity contribution >= 4 is 59.7 Å². The van der Waals surface area contributed by atoms with Gasteiger partial charge < -0.3 is 8.85 Å². The molecule has 0 heterocycles. The van der Waals surface area contributed by atoms with E-state index >= 15 is 0 Å². The van der Waals surface area contributed by atoms with Crippen molar-refractivity contribution in [1.82, 2.24) is 0 Å². The molecule has 0 saturated heterocycles. The average molecular weight is 484 g/mol. The van der Waals surface area contributed by atoms with Crippen molar-refractivity contribution in [2.75, 3.05) is 13.2 Å². The lowest BCUT2D eigenvalue weighted by molar-refractivity contribution is 0.190. The van der Waals surface area contributed by atoms with Crippen LogP contribution in [0, 0.1) is 0 Å². The van der Waals surface area contributed by atoms with Crippen LogP contribution in [0.1, 0.15) is 12.8 Å². The summed E-state index contributed by atoms with van der Waals surface area (Å²) >= 11 is 13.1. The Bertz CT molecular complexity index is 640. The molecule has 0 saturated carbocycles. The molecule has 2 rings (SSSR count). The first kappa shape index (κ1) is 24.9. The van der Waals surface area contributed by atoms with Gasteiger partial charge in [0.2, 0.25) is 0 Å². The van der Waals surface area contributed by atoms with Gasteiger partial charge in [0.25, 0.3) is 0 Å². The lowest BCUT2D eigenvalue weighted by Crippen LogP contribution is -2.63. The van der Waals surface area contributed by atoms with Crippen LogP contribution < -0.4 is 10.4 Å². The van der Waals surface area contributed by atoms with Crippen LogP contribution in [0.2, 0.25) is 26.2 Å². The molecule has 0 spiro atoms. The van der Waals surface area contributed by atoms with Gasteiger partial charge in [0.1, 0.15) is 0 Å². The van der Waals surface area contributed by atoms with Crippen LogP contribution in [0.3, 0.4) is 0 Å². The zero-order valence-corrected chi connectivity index (χ0v) is 22.3. The van der Waals surface area contributed by atoms with Crippen LogP contribution in [0.15, 0.2) is 60.7 Å². The van der Waals surface area contributed by atoms with Gasteiger partial charge in [-0.1, -0.05) is 86.9 Å². The molecule has 0 bridgehead atoms. The Morgan fingerprint density at radius 2 is 1.03 bits per heavy atom. The van der Waals surface area contributed by atoms with Crippen LogP contribution in [-0.2, 0) is 8.85 Å². The number of benzene rings is 2. The van der Waals surface area contributed by atoms with Gasteiger partial charge in [-0.3, -0.25) is 0 Å². The Hall–Kier alpha value is -0.409. The standard InChI is InChI=1S/C22H32Cl2O2Si3/c1-27(2)21(23)15-17-25-29(19-11-7-5-8-12-19,20-13-9-6-10-14-20)26-18-16-22(24)28(3)4/h5-14,21-22H,15-18H2,1-4H3. The van der Waals surface area contributed by atoms with Crippen LogP contribution in [0.25, 0.3) is 0 Å². The van der Waals surface area contributed by atoms with Gasteiger partial charge in [-0.2, -0.15) is 0 Å². The average Bonchev–Trinajstić information content (AvgIpc) is 2.73. The molecule has 0 aliphatic heterocycles. The third-order valence-electron chi connectivity index (χ3n) is 4.91. The normalized spacial score (nSPS) is 14.3. The van der Waals surface area contributed by atoms with E-state index in [4.69, 9.17) is 32.1 Å². The summed E-state index contributed by atoms with van der Waals surface area (Å²) < 4.78 is 13.4. The van der Waals surface area contributed by atoms with Gasteiger partial charge in [0.15, 0.2) is 0 Å². The maximum atomic E-state index is 6.68. The van der Waals surface area contributed by atoms with Crippen molar-refractivity contribution in [3.05, 3.63) is 60.7 Å². The molecule has 29 heavy (non-hydrogen) atoms. The highest BCUT2D eigenvalue weighted by molar-refractivity contribution is 6.92. The monoisotopic (exact) mass is 482 g/mol. The van der Waals surface area contributed by atoms with Crippen molar-refractivity contribution in [3.8, 4) is 0 Å². The summed E-state index contributed by atoms with van der Waals surface area (Å²) in [6.07, 6.45) is 1.69. The summed E-state index contributed by atoms with van der Waals surface area (Å²) in [6.45, 7) is 10.2. The van der Waals surface area contributed by atoms with Crippen molar-refractivity contribution in [2.24, 2.45) is 0 Å². The molecule has 0 aliphatic carbocycles. The minimum atomic E-state index is -2.85. The summed E-state index contributed by atoms with van der Waals surface area (Å²) in [6, 6.07) is 20.8. The molecular formula is C22H32Cl2O2Si3. The second-order valence-corrected chi connectivity index (χ2v) is 18.2. The Morgan fingerprint density at radius 3 is 1.34 bits per heavy atom. The van der Waals surface area contributed by atoms with Crippen LogP contribution >= 0.6 is 23.2 Å². The zero-order chi connectivity index (χ0) is 21.3. The predicted molar refractivity (Wildman–Crippen MR) is 133 cm³/mol. The van der Waals surface area contributed by atoms with Crippen molar-refractivity contribution in [3.63, 3.8) is 0 Å². The number of rotatable bonds is 12. The van der Waals surface area contributed by atoms with Gasteiger partial charge in [-0.05, 0) is 23.2 Å². The fraction of sp³-hybridized carbons (Fsp3) is 0.455. The van der Waals surface area contributed by atoms with Gasteiger partial charge in [-0.25, -0.2) is 0 Å². The first-order valence-electron chi connectivity index (χ1n) is 10.1. The lowest BCUT2D eigenvalue weighted by Gasteiger charge is -2.32. The van der Waals surface area contributed by atoms with Gasteiger partial charge >= 0.3 is 8.56 Å². The van der Waals surface area contributed by atoms with E-state index in [1.807, 2.05) is 12.1 Å². The third kappa shape index (κ3) is 7.35. The molecular weight excluding hydrogens is 451 g/mol. The third-order valence-corrected chi connectivity index (χ3v) is 14.5. The molecule has 7 heteroatoms. The Kier molecular flexibility index (Phi) is 10.7. The maximum Gasteiger partial charge on any atom is 0.407 e. The van der Waals surface area contributed by atoms with E-state index in [0.29, 0.717) is 13.2 Å². The predicted octanol–water partition coefficient (Wildman–Crippen LogP) is 4.86. The van der Waals surface area contributed by atoms with E-state index < -0.39 is 26.2 Å². The molecule has 0 aliphatic rings. The molecule has 0 N–H and O–H groups in total. The molecule has 2 aromatic carbocycles. The van der Waals surface area contributed by atoms with E-state index in [-0.39, 0.29) is 10.0 Å². The summed E-state index contributed by atoms with van der Waals surface area (Å²) in [5, 5.41) is 2.63. The molecule has 2 unspecified atom stereocenters. The lowest BCUT2D eigenvalue weighted by atomic mass is 10.4. The van der Waals surface area contributed by atoms with E-state index in [9.17, 15) is 0 Å². The minimum Gasteiger partial charge on any atom is -0.388 e. The molecule has 2 nitrogen and oxygen atoms in total. The van der Waals surface area contributed by atoms with Crippen molar-refractivity contribution in [1.29, 1.82) is 0 Å². The van der Waals surface area contributed by atoms with Gasteiger partial charge in [0.05, 0.1) is 17.6 Å². The van der Waals surface area contributed by atoms with E-state index in [2.05, 4.69) is 74.7 Å². The molecule has 2 radical (unpaired) electrons. The first-order valence-corrected chi connectivity index (χ1v) is 18.0. The largest absolute Gasteiger partial charge is 0.407 e. The number of halogens is 2. The molecule has 2 atom stereocenters. The molecule has 0 aromatic heterocycles. The van der Waals surface area contributed by atoms with Crippen molar-refractivity contribution < 1.29 is 8.85 Å². The van der Waals surface area contributed by atoms with Crippen LogP contribution in [0.4, 0.5) is 0 Å². The Balaban J connectivity index is 2.31. The highest BCUT2D eigenvalue weighted by Gasteiger charge is 2.43. The van der Waals surface area contributed by atoms with E-state index in [0.717, 1.165) is 23.2 Å². The van der Waals surface area contributed by atoms with Crippen molar-refractivity contribution in [2.45, 2.75) is 49.0 Å². The second kappa shape index (κ2) is 12.4. The summed E-state index contributed by atoms with van der Waals surface area (Å²) in [4.78, 5) is 0. The zero-order valence-electron chi connectivity index (χ0n) is 17.8. The SMILES string of the molecule is C[Si](C)C(Cl)CCO[Si](OCCC(Cl)[Si](C)C)(c1ccccc1)c1ccccc1. The summed E-state index contributed by atoms with van der Waals surface area (Å²) in [5.41, 5.74) is 0. The Morgan fingerprint density at radius 1 is 0.690 bits per heavy atom. The fourth-order valence-corrected chi connectivity index (χ4v) is 7.77. The van der Waals surface area contributed by atoms with Gasteiger partial charge in [0, 0.05) is 23.2 Å². The second-order valence-electron chi connectivity index (χ2n) is 7.71. The highest BCUT2D eigenvalue weighted by Crippen LogP contribution is 2.16. The maximum absolute atomic E-state index is 6.68. The summed E-state index contributed by atoms with van der Waals surface area (Å²) in [5.74, 6) is 0. The molecule has 158 valence electrons. The Labute approximate surface area is 191 Å². The smallest absolute Gasteiger partial charge is 0.388 e. The van der Waals surface area contributed by atoms with E-state index in [1.165, 1.54) is 0 Å². The fourth-order valence-electron chi connectivity index (χ4n) is 3.05. The topological polar surface area (TPSA) is 18.5 Å². The van der Waals surface area contributed by atoms with Gasteiger partial charge in [-0.15, -0.1) is 23.2 Å². The minimum absolute atomic E-state index is 0.191. The molecule has 2 aromatic rings. The summed E-state index contributed by atoms with van der Waals surface area (Å²) in [7, 11) is -3.94. The number of alkyl halides is 2. The number of hydrogen-bond acceptors (Lipinski definition) is 2. The quantitative estimate of drug-likeness (QED) is 0.317. The molecule has 0 amide bonds.